The van der Waals surface area contributed by atoms with Gasteiger partial charge in [0.15, 0.2) is 6.10 Å². The summed E-state index contributed by atoms with van der Waals surface area (Å²) in [6.07, 6.45) is 1.24. The van der Waals surface area contributed by atoms with Crippen LogP contribution in [0.5, 0.6) is 0 Å². The van der Waals surface area contributed by atoms with Crippen LogP contribution in [0, 0.1) is 6.92 Å². The quantitative estimate of drug-likeness (QED) is 0.810. The molecule has 0 bridgehead atoms. The summed E-state index contributed by atoms with van der Waals surface area (Å²) in [7, 11) is 0. The van der Waals surface area contributed by atoms with E-state index in [1.165, 1.54) is 11.3 Å². The van der Waals surface area contributed by atoms with Crippen molar-refractivity contribution in [1.82, 2.24) is 5.32 Å². The lowest BCUT2D eigenvalue weighted by Gasteiger charge is -2.12. The number of nitrogens with one attached hydrogen (secondary N) is 1. The summed E-state index contributed by atoms with van der Waals surface area (Å²) in [6, 6.07) is 1.84. The molecule has 1 heterocycles. The number of carbonyl (C=O) groups excluding carboxylic acids is 2. The van der Waals surface area contributed by atoms with Gasteiger partial charge in [-0.15, -0.1) is 11.3 Å². The van der Waals surface area contributed by atoms with Crippen molar-refractivity contribution in [3.8, 4) is 0 Å². The molecule has 0 aliphatic heterocycles. The van der Waals surface area contributed by atoms with Crippen molar-refractivity contribution in [3.63, 3.8) is 0 Å². The van der Waals surface area contributed by atoms with Gasteiger partial charge in [0, 0.05) is 16.6 Å². The van der Waals surface area contributed by atoms with Crippen molar-refractivity contribution in [2.75, 3.05) is 5.73 Å². The zero-order valence-electron chi connectivity index (χ0n) is 10.4. The molecule has 0 radical (unpaired) electrons. The van der Waals surface area contributed by atoms with E-state index in [0.29, 0.717) is 10.6 Å². The highest BCUT2D eigenvalue weighted by Gasteiger charge is 2.27. The summed E-state index contributed by atoms with van der Waals surface area (Å²) >= 11 is 1.27. The van der Waals surface area contributed by atoms with Crippen molar-refractivity contribution < 1.29 is 14.3 Å². The third kappa shape index (κ3) is 3.01. The molecule has 0 saturated heterocycles. The van der Waals surface area contributed by atoms with E-state index in [1.807, 2.05) is 6.92 Å². The molecule has 18 heavy (non-hydrogen) atoms. The van der Waals surface area contributed by atoms with Gasteiger partial charge in [0.05, 0.1) is 0 Å². The van der Waals surface area contributed by atoms with Crippen LogP contribution >= 0.6 is 11.3 Å². The molecule has 2 rings (SSSR count). The Hall–Kier alpha value is -1.56. The summed E-state index contributed by atoms with van der Waals surface area (Å²) in [5.74, 6) is -0.745. The maximum Gasteiger partial charge on any atom is 0.349 e. The molecule has 5 nitrogen and oxygen atoms in total. The topological polar surface area (TPSA) is 81.4 Å². The van der Waals surface area contributed by atoms with Gasteiger partial charge < -0.3 is 15.8 Å². The average Bonchev–Trinajstić information content (AvgIpc) is 3.05. The van der Waals surface area contributed by atoms with E-state index < -0.39 is 12.1 Å². The van der Waals surface area contributed by atoms with E-state index in [0.717, 1.165) is 17.7 Å². The van der Waals surface area contributed by atoms with Crippen molar-refractivity contribution in [2.45, 2.75) is 38.8 Å². The molecular formula is C12H16N2O3S. The number of amides is 1. The van der Waals surface area contributed by atoms with Crippen LogP contribution in [0.25, 0.3) is 0 Å². The van der Waals surface area contributed by atoms with Gasteiger partial charge in [-0.1, -0.05) is 0 Å². The minimum Gasteiger partial charge on any atom is -0.448 e. The minimum absolute atomic E-state index is 0.243. The van der Waals surface area contributed by atoms with E-state index >= 15 is 0 Å². The van der Waals surface area contributed by atoms with Crippen molar-refractivity contribution in [1.29, 1.82) is 0 Å². The molecule has 1 atom stereocenters. The molecule has 0 spiro atoms. The van der Waals surface area contributed by atoms with E-state index in [2.05, 4.69) is 5.32 Å². The molecule has 1 amide bonds. The van der Waals surface area contributed by atoms with Gasteiger partial charge in [0.2, 0.25) is 0 Å². The van der Waals surface area contributed by atoms with E-state index in [4.69, 9.17) is 10.5 Å². The average molecular weight is 268 g/mol. The number of aryl methyl sites for hydroxylation is 1. The zero-order chi connectivity index (χ0) is 13.3. The number of thiophene rings is 1. The maximum atomic E-state index is 11.8. The van der Waals surface area contributed by atoms with Crippen LogP contribution in [0.15, 0.2) is 6.07 Å². The number of esters is 1. The Labute approximate surface area is 109 Å². The fourth-order valence-electron chi connectivity index (χ4n) is 1.42. The van der Waals surface area contributed by atoms with Crippen LogP contribution in [0.4, 0.5) is 5.69 Å². The van der Waals surface area contributed by atoms with Crippen LogP contribution in [-0.4, -0.2) is 24.0 Å². The summed E-state index contributed by atoms with van der Waals surface area (Å²) in [5, 5.41) is 2.79. The Morgan fingerprint density at radius 3 is 2.72 bits per heavy atom. The number of hydrogen-bond donors (Lipinski definition) is 2. The van der Waals surface area contributed by atoms with E-state index in [1.54, 1.807) is 13.0 Å². The summed E-state index contributed by atoms with van der Waals surface area (Å²) in [5.41, 5.74) is 6.24. The normalized spacial score (nSPS) is 16.1. The molecule has 1 aliphatic carbocycles. The largest absolute Gasteiger partial charge is 0.448 e. The molecule has 3 N–H and O–H groups in total. The highest BCUT2D eigenvalue weighted by Crippen LogP contribution is 2.24. The Morgan fingerprint density at radius 1 is 1.56 bits per heavy atom. The zero-order valence-corrected chi connectivity index (χ0v) is 11.2. The van der Waals surface area contributed by atoms with Gasteiger partial charge in [-0.05, 0) is 32.8 Å². The van der Waals surface area contributed by atoms with Gasteiger partial charge in [-0.2, -0.15) is 0 Å². The van der Waals surface area contributed by atoms with Gasteiger partial charge in [-0.25, -0.2) is 4.79 Å². The van der Waals surface area contributed by atoms with Crippen LogP contribution < -0.4 is 11.1 Å². The first kappa shape index (κ1) is 12.9. The molecule has 6 heteroatoms. The Bertz CT molecular complexity index is 460. The van der Waals surface area contributed by atoms with E-state index in [-0.39, 0.29) is 11.9 Å². The Balaban J connectivity index is 1.91. The monoisotopic (exact) mass is 268 g/mol. The number of rotatable bonds is 4. The minimum atomic E-state index is -0.776. The fourth-order valence-corrected chi connectivity index (χ4v) is 2.24. The number of nitrogens with two attached hydrogens (primary N) is 1. The lowest BCUT2D eigenvalue weighted by molar-refractivity contribution is -0.129. The number of nitrogen functional groups attached to an aromatic ring is 1. The molecule has 1 aliphatic rings. The van der Waals surface area contributed by atoms with Crippen molar-refractivity contribution >= 4 is 28.9 Å². The maximum absolute atomic E-state index is 11.8. The van der Waals surface area contributed by atoms with Crippen molar-refractivity contribution in [3.05, 3.63) is 15.8 Å². The highest BCUT2D eigenvalue weighted by atomic mass is 32.1. The highest BCUT2D eigenvalue weighted by molar-refractivity contribution is 7.14. The standard InChI is InChI=1S/C12H16N2O3S/c1-6(11(15)14-8-3-4-8)17-12(16)10-5-9(13)7(2)18-10/h5-6,8H,3-4,13H2,1-2H3,(H,14,15). The Morgan fingerprint density at radius 2 is 2.22 bits per heavy atom. The van der Waals surface area contributed by atoms with Crippen LogP contribution in [0.2, 0.25) is 0 Å². The van der Waals surface area contributed by atoms with Gasteiger partial charge >= 0.3 is 5.97 Å². The fraction of sp³-hybridized carbons (Fsp3) is 0.500. The number of hydrogen-bond acceptors (Lipinski definition) is 5. The lowest BCUT2D eigenvalue weighted by atomic mass is 10.3. The lowest BCUT2D eigenvalue weighted by Crippen LogP contribution is -2.36. The second-order valence-electron chi connectivity index (χ2n) is 4.45. The first-order chi connectivity index (χ1) is 8.47. The first-order valence-electron chi connectivity index (χ1n) is 5.84. The second kappa shape index (κ2) is 4.97. The molecule has 1 unspecified atom stereocenters. The third-order valence-electron chi connectivity index (χ3n) is 2.73. The molecular weight excluding hydrogens is 252 g/mol. The molecule has 1 aromatic rings. The van der Waals surface area contributed by atoms with Crippen LogP contribution in [0.3, 0.4) is 0 Å². The SMILES string of the molecule is Cc1sc(C(=O)OC(C)C(=O)NC2CC2)cc1N. The summed E-state index contributed by atoms with van der Waals surface area (Å²) < 4.78 is 5.10. The van der Waals surface area contributed by atoms with Crippen LogP contribution in [0.1, 0.15) is 34.3 Å². The van der Waals surface area contributed by atoms with Gasteiger partial charge in [0.1, 0.15) is 4.88 Å². The number of carbonyl (C=O) groups is 2. The summed E-state index contributed by atoms with van der Waals surface area (Å²) in [6.45, 7) is 3.40. The van der Waals surface area contributed by atoms with Crippen molar-refractivity contribution in [2.24, 2.45) is 0 Å². The smallest absolute Gasteiger partial charge is 0.349 e. The second-order valence-corrected chi connectivity index (χ2v) is 5.71. The third-order valence-corrected chi connectivity index (χ3v) is 3.78. The first-order valence-corrected chi connectivity index (χ1v) is 6.66. The van der Waals surface area contributed by atoms with Gasteiger partial charge in [0.25, 0.3) is 5.91 Å². The van der Waals surface area contributed by atoms with Crippen LogP contribution in [-0.2, 0) is 9.53 Å². The molecule has 0 aromatic carbocycles. The number of ether oxygens (including phenoxy) is 1. The molecule has 1 saturated carbocycles. The predicted octanol–water partition coefficient (Wildman–Crippen LogP) is 1.46. The predicted molar refractivity (Wildman–Crippen MR) is 69.5 cm³/mol. The number of anilines is 1. The Kier molecular flexibility index (Phi) is 3.56. The summed E-state index contributed by atoms with van der Waals surface area (Å²) in [4.78, 5) is 24.7. The molecule has 1 fully saturated rings. The molecule has 98 valence electrons. The molecule has 1 aromatic heterocycles. The van der Waals surface area contributed by atoms with E-state index in [9.17, 15) is 9.59 Å². The van der Waals surface area contributed by atoms with Gasteiger partial charge in [-0.3, -0.25) is 4.79 Å².